The Hall–Kier alpha value is -3.78. The number of rotatable bonds is 7. The van der Waals surface area contributed by atoms with Gasteiger partial charge in [-0.05, 0) is 57.2 Å². The number of carbonyl (C=O) groups is 2. The van der Waals surface area contributed by atoms with E-state index < -0.39 is 11.1 Å². The molecule has 3 aromatic carbocycles. The maximum atomic E-state index is 14.6. The van der Waals surface area contributed by atoms with Crippen molar-refractivity contribution in [1.82, 2.24) is 14.8 Å². The van der Waals surface area contributed by atoms with E-state index in [-0.39, 0.29) is 11.7 Å². The highest BCUT2D eigenvalue weighted by molar-refractivity contribution is 8.00. The molecule has 1 amide bonds. The first kappa shape index (κ1) is 23.4. The van der Waals surface area contributed by atoms with Gasteiger partial charge in [-0.1, -0.05) is 53.7 Å². The van der Waals surface area contributed by atoms with Gasteiger partial charge in [0.25, 0.3) is 0 Å². The summed E-state index contributed by atoms with van der Waals surface area (Å²) < 4.78 is 16.3. The largest absolute Gasteiger partial charge is 0.325 e. The average molecular weight is 475 g/mol. The quantitative estimate of drug-likeness (QED) is 0.274. The predicted molar refractivity (Wildman–Crippen MR) is 132 cm³/mol. The third-order valence-electron chi connectivity index (χ3n) is 5.23. The molecule has 34 heavy (non-hydrogen) atoms. The van der Waals surface area contributed by atoms with Crippen LogP contribution in [0, 0.1) is 12.7 Å². The van der Waals surface area contributed by atoms with Crippen LogP contribution in [-0.2, 0) is 4.79 Å². The first-order valence-electron chi connectivity index (χ1n) is 10.7. The zero-order chi connectivity index (χ0) is 24.2. The maximum Gasteiger partial charge on any atom is 0.237 e. The first-order chi connectivity index (χ1) is 16.3. The van der Waals surface area contributed by atoms with E-state index in [0.717, 1.165) is 11.3 Å². The molecule has 0 saturated carbocycles. The summed E-state index contributed by atoms with van der Waals surface area (Å²) in [4.78, 5) is 24.5. The number of nitrogens with zero attached hydrogens (tertiary/aromatic N) is 3. The number of ketones is 1. The minimum atomic E-state index is -0.539. The minimum absolute atomic E-state index is 0.0783. The van der Waals surface area contributed by atoms with Gasteiger partial charge >= 0.3 is 0 Å². The van der Waals surface area contributed by atoms with Crippen LogP contribution in [0.15, 0.2) is 78.0 Å². The molecule has 0 radical (unpaired) electrons. The molecule has 0 aliphatic heterocycles. The molecule has 8 heteroatoms. The molecule has 4 aromatic rings. The number of aryl methyl sites for hydroxylation is 1. The van der Waals surface area contributed by atoms with Crippen LogP contribution in [0.25, 0.3) is 17.1 Å². The van der Waals surface area contributed by atoms with E-state index in [0.29, 0.717) is 27.8 Å². The lowest BCUT2D eigenvalue weighted by atomic mass is 10.1. The molecule has 1 aromatic heterocycles. The van der Waals surface area contributed by atoms with Crippen molar-refractivity contribution < 1.29 is 14.0 Å². The summed E-state index contributed by atoms with van der Waals surface area (Å²) in [6.45, 7) is 5.22. The number of benzene rings is 3. The second-order valence-electron chi connectivity index (χ2n) is 7.84. The first-order valence-corrected chi connectivity index (χ1v) is 11.6. The number of thioether (sulfide) groups is 1. The van der Waals surface area contributed by atoms with Crippen molar-refractivity contribution in [3.8, 4) is 17.1 Å². The lowest BCUT2D eigenvalue weighted by Gasteiger charge is -2.14. The van der Waals surface area contributed by atoms with Crippen molar-refractivity contribution in [2.45, 2.75) is 31.2 Å². The van der Waals surface area contributed by atoms with Crippen LogP contribution in [0.1, 0.15) is 29.8 Å². The van der Waals surface area contributed by atoms with Crippen molar-refractivity contribution in [2.75, 3.05) is 5.32 Å². The third kappa shape index (κ3) is 5.07. The third-order valence-corrected chi connectivity index (χ3v) is 6.27. The van der Waals surface area contributed by atoms with Gasteiger partial charge in [-0.25, -0.2) is 4.39 Å². The summed E-state index contributed by atoms with van der Waals surface area (Å²) in [5.74, 6) is -0.385. The standard InChI is InChI=1S/C26H23FN4O2S/c1-16-11-13-21(14-12-16)31-24(22-9-4-5-10-23(22)27)29-30-26(31)34-18(3)25(33)28-20-8-6-7-19(15-20)17(2)32/h4-15,18H,1-3H3,(H,28,33). The van der Waals surface area contributed by atoms with E-state index in [4.69, 9.17) is 0 Å². The lowest BCUT2D eigenvalue weighted by Crippen LogP contribution is -2.23. The lowest BCUT2D eigenvalue weighted by molar-refractivity contribution is -0.115. The van der Waals surface area contributed by atoms with Crippen LogP contribution >= 0.6 is 11.8 Å². The van der Waals surface area contributed by atoms with Crippen molar-refractivity contribution in [3.63, 3.8) is 0 Å². The number of halogens is 1. The van der Waals surface area contributed by atoms with Gasteiger partial charge in [0.05, 0.1) is 10.8 Å². The van der Waals surface area contributed by atoms with E-state index in [1.54, 1.807) is 54.0 Å². The number of anilines is 1. The summed E-state index contributed by atoms with van der Waals surface area (Å²) in [5, 5.41) is 11.3. The fourth-order valence-corrected chi connectivity index (χ4v) is 4.23. The highest BCUT2D eigenvalue weighted by Gasteiger charge is 2.23. The molecule has 1 atom stereocenters. The fourth-order valence-electron chi connectivity index (χ4n) is 3.36. The van der Waals surface area contributed by atoms with Gasteiger partial charge in [-0.3, -0.25) is 14.2 Å². The van der Waals surface area contributed by atoms with Crippen molar-refractivity contribution in [2.24, 2.45) is 0 Å². The van der Waals surface area contributed by atoms with Gasteiger partial charge in [0.2, 0.25) is 5.91 Å². The van der Waals surface area contributed by atoms with E-state index in [2.05, 4.69) is 15.5 Å². The van der Waals surface area contributed by atoms with E-state index in [1.807, 2.05) is 31.2 Å². The van der Waals surface area contributed by atoms with Crippen LogP contribution in [0.3, 0.4) is 0 Å². The Labute approximate surface area is 201 Å². The highest BCUT2D eigenvalue weighted by Crippen LogP contribution is 2.31. The van der Waals surface area contributed by atoms with Gasteiger partial charge in [0, 0.05) is 16.9 Å². The Kier molecular flexibility index (Phi) is 6.88. The molecule has 172 valence electrons. The van der Waals surface area contributed by atoms with Crippen molar-refractivity contribution in [1.29, 1.82) is 0 Å². The van der Waals surface area contributed by atoms with Gasteiger partial charge in [-0.15, -0.1) is 10.2 Å². The van der Waals surface area contributed by atoms with Crippen LogP contribution in [0.4, 0.5) is 10.1 Å². The molecule has 0 spiro atoms. The summed E-state index contributed by atoms with van der Waals surface area (Å²) in [6.07, 6.45) is 0. The Morgan fingerprint density at radius 1 is 1.00 bits per heavy atom. The number of Topliss-reactive ketones (excluding diaryl/α,β-unsaturated/α-hetero) is 1. The maximum absolute atomic E-state index is 14.6. The van der Waals surface area contributed by atoms with Gasteiger partial charge in [0.15, 0.2) is 16.8 Å². The number of amides is 1. The predicted octanol–water partition coefficient (Wildman–Crippen LogP) is 5.70. The number of carbonyl (C=O) groups excluding carboxylic acids is 2. The van der Waals surface area contributed by atoms with Gasteiger partial charge in [-0.2, -0.15) is 0 Å². The van der Waals surface area contributed by atoms with Crippen molar-refractivity contribution in [3.05, 3.63) is 89.7 Å². The van der Waals surface area contributed by atoms with Gasteiger partial charge in [0.1, 0.15) is 5.82 Å². The topological polar surface area (TPSA) is 76.9 Å². The van der Waals surface area contributed by atoms with Crippen LogP contribution in [0.2, 0.25) is 0 Å². The summed E-state index contributed by atoms with van der Waals surface area (Å²) in [7, 11) is 0. The number of aromatic nitrogens is 3. The highest BCUT2D eigenvalue weighted by atomic mass is 32.2. The van der Waals surface area contributed by atoms with Gasteiger partial charge < -0.3 is 5.32 Å². The molecule has 0 saturated heterocycles. The Morgan fingerprint density at radius 3 is 2.44 bits per heavy atom. The smallest absolute Gasteiger partial charge is 0.237 e. The van der Waals surface area contributed by atoms with Crippen molar-refractivity contribution >= 4 is 29.1 Å². The summed E-state index contributed by atoms with van der Waals surface area (Å²) in [6, 6.07) is 20.9. The molecule has 1 unspecified atom stereocenters. The molecule has 4 rings (SSSR count). The molecule has 0 aliphatic rings. The second-order valence-corrected chi connectivity index (χ2v) is 9.15. The van der Waals surface area contributed by atoms with E-state index in [1.165, 1.54) is 24.8 Å². The number of hydrogen-bond acceptors (Lipinski definition) is 5. The molecule has 1 heterocycles. The zero-order valence-electron chi connectivity index (χ0n) is 18.9. The fraction of sp³-hybridized carbons (Fsp3) is 0.154. The minimum Gasteiger partial charge on any atom is -0.325 e. The molecule has 0 aliphatic carbocycles. The van der Waals surface area contributed by atoms with Crippen LogP contribution < -0.4 is 5.32 Å². The zero-order valence-corrected chi connectivity index (χ0v) is 19.8. The molecule has 0 bridgehead atoms. The molecular weight excluding hydrogens is 451 g/mol. The van der Waals surface area contributed by atoms with E-state index in [9.17, 15) is 14.0 Å². The number of nitrogens with one attached hydrogen (secondary N) is 1. The molecular formula is C26H23FN4O2S. The van der Waals surface area contributed by atoms with Crippen LogP contribution in [0.5, 0.6) is 0 Å². The SMILES string of the molecule is CC(=O)c1cccc(NC(=O)C(C)Sc2nnc(-c3ccccc3F)n2-c2ccc(C)cc2)c1. The Morgan fingerprint density at radius 2 is 1.74 bits per heavy atom. The molecule has 6 nitrogen and oxygen atoms in total. The second kappa shape index (κ2) is 10.0. The number of hydrogen-bond donors (Lipinski definition) is 1. The molecule has 1 N–H and O–H groups in total. The monoisotopic (exact) mass is 474 g/mol. The molecule has 0 fully saturated rings. The summed E-state index contributed by atoms with van der Waals surface area (Å²) in [5.41, 5.74) is 3.22. The van der Waals surface area contributed by atoms with Crippen LogP contribution in [-0.4, -0.2) is 31.7 Å². The Balaban J connectivity index is 1.64. The Bertz CT molecular complexity index is 1350. The average Bonchev–Trinajstić information content (AvgIpc) is 3.23. The van der Waals surface area contributed by atoms with E-state index >= 15 is 0 Å². The normalized spacial score (nSPS) is 11.8. The summed E-state index contributed by atoms with van der Waals surface area (Å²) >= 11 is 1.22.